The van der Waals surface area contributed by atoms with Crippen LogP contribution in [-0.4, -0.2) is 12.6 Å². The molecular weight excluding hydrogens is 487 g/mol. The molecule has 3 aromatic rings. The summed E-state index contributed by atoms with van der Waals surface area (Å²) in [6.07, 6.45) is 7.29. The summed E-state index contributed by atoms with van der Waals surface area (Å²) >= 11 is 0. The van der Waals surface area contributed by atoms with Gasteiger partial charge in [0.05, 0.1) is 12.5 Å². The maximum Gasteiger partial charge on any atom is 0.309 e. The zero-order chi connectivity index (χ0) is 27.4. The number of fused-ring (bicyclic) bond motifs is 2. The SMILES string of the molecule is CCOC(=O)[C@H]1C[C@]12CCc1ccc(OCc3ccc(-c4cc(C)ccc4F)c(C4=CCCC4(C)C)c3)cc12. The minimum absolute atomic E-state index is 0.0303. The van der Waals surface area contributed by atoms with Gasteiger partial charge in [0.25, 0.3) is 0 Å². The minimum atomic E-state index is -0.199. The highest BCUT2D eigenvalue weighted by atomic mass is 19.1. The molecule has 1 spiro atoms. The normalized spacial score (nSPS) is 22.5. The Balaban J connectivity index is 1.28. The van der Waals surface area contributed by atoms with Crippen molar-refractivity contribution in [3.8, 4) is 16.9 Å². The summed E-state index contributed by atoms with van der Waals surface area (Å²) in [7, 11) is 0. The summed E-state index contributed by atoms with van der Waals surface area (Å²) in [5.41, 5.74) is 8.56. The number of carbonyl (C=O) groups is 1. The van der Waals surface area contributed by atoms with Crippen LogP contribution in [0.5, 0.6) is 5.75 Å². The Hall–Kier alpha value is -3.40. The molecule has 6 rings (SSSR count). The van der Waals surface area contributed by atoms with Crippen LogP contribution in [0.2, 0.25) is 0 Å². The van der Waals surface area contributed by atoms with Crippen molar-refractivity contribution < 1.29 is 18.7 Å². The van der Waals surface area contributed by atoms with Crippen LogP contribution >= 0.6 is 0 Å². The summed E-state index contributed by atoms with van der Waals surface area (Å²) in [5.74, 6) is 0.517. The molecule has 0 radical (unpaired) electrons. The summed E-state index contributed by atoms with van der Waals surface area (Å²) in [6, 6.07) is 17.9. The van der Waals surface area contributed by atoms with Gasteiger partial charge >= 0.3 is 5.97 Å². The van der Waals surface area contributed by atoms with E-state index < -0.39 is 0 Å². The van der Waals surface area contributed by atoms with Crippen LogP contribution in [0.25, 0.3) is 16.7 Å². The number of benzene rings is 3. The first-order valence-electron chi connectivity index (χ1n) is 14.3. The number of halogens is 1. The third kappa shape index (κ3) is 4.58. The highest BCUT2D eigenvalue weighted by molar-refractivity contribution is 5.85. The third-order valence-corrected chi connectivity index (χ3v) is 9.14. The first-order chi connectivity index (χ1) is 18.7. The lowest BCUT2D eigenvalue weighted by Gasteiger charge is -2.25. The van der Waals surface area contributed by atoms with Gasteiger partial charge in [-0.3, -0.25) is 4.79 Å². The Morgan fingerprint density at radius 3 is 2.62 bits per heavy atom. The molecule has 3 aliphatic rings. The van der Waals surface area contributed by atoms with Crippen molar-refractivity contribution >= 4 is 11.5 Å². The van der Waals surface area contributed by atoms with Gasteiger partial charge in [-0.05, 0) is 115 Å². The predicted octanol–water partition coefficient (Wildman–Crippen LogP) is 8.35. The van der Waals surface area contributed by atoms with Gasteiger partial charge in [0, 0.05) is 11.0 Å². The first kappa shape index (κ1) is 25.9. The molecule has 0 unspecified atom stereocenters. The highest BCUT2D eigenvalue weighted by Gasteiger charge is 2.62. The molecule has 0 aliphatic heterocycles. The van der Waals surface area contributed by atoms with Gasteiger partial charge in [-0.15, -0.1) is 0 Å². The molecule has 3 aliphatic carbocycles. The maximum atomic E-state index is 15.0. The van der Waals surface area contributed by atoms with E-state index in [2.05, 4.69) is 44.2 Å². The zero-order valence-corrected chi connectivity index (χ0v) is 23.4. The van der Waals surface area contributed by atoms with Crippen molar-refractivity contribution in [1.82, 2.24) is 0 Å². The van der Waals surface area contributed by atoms with Crippen molar-refractivity contribution in [2.75, 3.05) is 6.61 Å². The maximum absolute atomic E-state index is 15.0. The van der Waals surface area contributed by atoms with E-state index in [4.69, 9.17) is 9.47 Å². The van der Waals surface area contributed by atoms with E-state index in [9.17, 15) is 4.79 Å². The molecule has 39 heavy (non-hydrogen) atoms. The molecule has 0 bridgehead atoms. The van der Waals surface area contributed by atoms with Crippen LogP contribution in [0.4, 0.5) is 4.39 Å². The van der Waals surface area contributed by atoms with Crippen molar-refractivity contribution in [3.05, 3.63) is 94.3 Å². The molecule has 1 saturated carbocycles. The Labute approximate surface area is 231 Å². The van der Waals surface area contributed by atoms with Crippen LogP contribution in [-0.2, 0) is 28.0 Å². The van der Waals surface area contributed by atoms with E-state index in [0.717, 1.165) is 60.1 Å². The molecule has 0 amide bonds. The molecule has 2 atom stereocenters. The van der Waals surface area contributed by atoms with Crippen LogP contribution < -0.4 is 4.74 Å². The average Bonchev–Trinajstić information content (AvgIpc) is 3.39. The van der Waals surface area contributed by atoms with E-state index in [1.807, 2.05) is 38.1 Å². The van der Waals surface area contributed by atoms with E-state index in [0.29, 0.717) is 18.8 Å². The van der Waals surface area contributed by atoms with Gasteiger partial charge in [0.15, 0.2) is 0 Å². The van der Waals surface area contributed by atoms with E-state index in [-0.39, 0.29) is 28.5 Å². The Bertz CT molecular complexity index is 1480. The lowest BCUT2D eigenvalue weighted by molar-refractivity contribution is -0.145. The number of aryl methyl sites for hydroxylation is 2. The molecule has 4 heteroatoms. The number of allylic oxidation sites excluding steroid dienone is 2. The standard InChI is InChI=1S/C35H37FO3/c1-5-38-33(37)31-20-35(31)16-14-24-10-11-25(19-30(24)35)39-21-23-9-12-26(28-17-22(2)8-13-32(28)36)27(18-23)29-7-6-15-34(29,3)4/h7-13,17-19,31H,5-6,14-16,20-21H2,1-4H3/t31-,35+/m1/s1. The Kier molecular flexibility index (Phi) is 6.40. The van der Waals surface area contributed by atoms with Crippen molar-refractivity contribution in [2.24, 2.45) is 11.3 Å². The molecule has 3 nitrogen and oxygen atoms in total. The monoisotopic (exact) mass is 524 g/mol. The summed E-state index contributed by atoms with van der Waals surface area (Å²) in [4.78, 5) is 12.4. The fourth-order valence-electron chi connectivity index (χ4n) is 6.86. The van der Waals surface area contributed by atoms with Crippen LogP contribution in [0.3, 0.4) is 0 Å². The Morgan fingerprint density at radius 2 is 1.85 bits per heavy atom. The van der Waals surface area contributed by atoms with Gasteiger partial charge in [-0.2, -0.15) is 0 Å². The molecular formula is C35H37FO3. The largest absolute Gasteiger partial charge is 0.489 e. The highest BCUT2D eigenvalue weighted by Crippen LogP contribution is 2.62. The molecule has 0 N–H and O–H groups in total. The van der Waals surface area contributed by atoms with Crippen molar-refractivity contribution in [3.63, 3.8) is 0 Å². The Morgan fingerprint density at radius 1 is 1.00 bits per heavy atom. The summed E-state index contributed by atoms with van der Waals surface area (Å²) in [6.45, 7) is 9.25. The smallest absolute Gasteiger partial charge is 0.309 e. The van der Waals surface area contributed by atoms with Crippen LogP contribution in [0.15, 0.2) is 60.7 Å². The van der Waals surface area contributed by atoms with Gasteiger partial charge in [0.1, 0.15) is 18.2 Å². The second-order valence-electron chi connectivity index (χ2n) is 12.2. The fraction of sp³-hybridized carbons (Fsp3) is 0.400. The van der Waals surface area contributed by atoms with E-state index in [1.54, 1.807) is 6.07 Å². The first-order valence-corrected chi connectivity index (χ1v) is 14.3. The third-order valence-electron chi connectivity index (χ3n) is 9.14. The molecule has 202 valence electrons. The zero-order valence-electron chi connectivity index (χ0n) is 23.4. The van der Waals surface area contributed by atoms with Crippen LogP contribution in [0.1, 0.15) is 74.3 Å². The fourth-order valence-corrected chi connectivity index (χ4v) is 6.86. The van der Waals surface area contributed by atoms with Gasteiger partial charge in [-0.25, -0.2) is 4.39 Å². The molecule has 0 aromatic heterocycles. The number of ether oxygens (including phenoxy) is 2. The van der Waals surface area contributed by atoms with Crippen molar-refractivity contribution in [2.45, 2.75) is 71.8 Å². The summed E-state index contributed by atoms with van der Waals surface area (Å²) in [5, 5.41) is 0. The number of hydrogen-bond donors (Lipinski definition) is 0. The topological polar surface area (TPSA) is 35.5 Å². The quantitative estimate of drug-likeness (QED) is 0.291. The number of rotatable bonds is 7. The minimum Gasteiger partial charge on any atom is -0.489 e. The molecule has 0 heterocycles. The molecule has 1 fully saturated rings. The number of esters is 1. The molecule has 3 aromatic carbocycles. The number of hydrogen-bond acceptors (Lipinski definition) is 3. The predicted molar refractivity (Wildman–Crippen MR) is 153 cm³/mol. The second kappa shape index (κ2) is 9.66. The van der Waals surface area contributed by atoms with Crippen LogP contribution in [0, 0.1) is 24.1 Å². The lowest BCUT2D eigenvalue weighted by Crippen LogP contribution is -2.15. The second-order valence-corrected chi connectivity index (χ2v) is 12.2. The lowest BCUT2D eigenvalue weighted by atomic mass is 9.79. The van der Waals surface area contributed by atoms with E-state index in [1.165, 1.54) is 16.7 Å². The van der Waals surface area contributed by atoms with Crippen molar-refractivity contribution in [1.29, 1.82) is 0 Å². The number of carbonyl (C=O) groups excluding carboxylic acids is 1. The molecule has 0 saturated heterocycles. The van der Waals surface area contributed by atoms with Gasteiger partial charge in [0.2, 0.25) is 0 Å². The van der Waals surface area contributed by atoms with E-state index >= 15 is 4.39 Å². The van der Waals surface area contributed by atoms with Gasteiger partial charge < -0.3 is 9.47 Å². The van der Waals surface area contributed by atoms with Gasteiger partial charge in [-0.1, -0.05) is 49.8 Å². The summed E-state index contributed by atoms with van der Waals surface area (Å²) < 4.78 is 26.7. The average molecular weight is 525 g/mol.